The number of halogens is 3. The van der Waals surface area contributed by atoms with Crippen molar-refractivity contribution >= 4 is 22.3 Å². The van der Waals surface area contributed by atoms with Crippen LogP contribution in [0.2, 0.25) is 0 Å². The van der Waals surface area contributed by atoms with Gasteiger partial charge in [-0.05, 0) is 55.4 Å². The average Bonchev–Trinajstić information content (AvgIpc) is 3.63. The number of hydrogen-bond acceptors (Lipinski definition) is 8. The molecule has 1 aromatic heterocycles. The third-order valence-corrected chi connectivity index (χ3v) is 7.32. The smallest absolute Gasteiger partial charge is 0.383 e. The van der Waals surface area contributed by atoms with Gasteiger partial charge < -0.3 is 16.1 Å². The Morgan fingerprint density at radius 1 is 1.21 bits per heavy atom. The highest BCUT2D eigenvalue weighted by Gasteiger charge is 2.67. The van der Waals surface area contributed by atoms with Crippen molar-refractivity contribution in [3.63, 3.8) is 0 Å². The Morgan fingerprint density at radius 2 is 1.90 bits per heavy atom. The van der Waals surface area contributed by atoms with Gasteiger partial charge in [-0.3, -0.25) is 9.99 Å². The number of allylic oxidation sites excluding steroid dienone is 3. The van der Waals surface area contributed by atoms with Crippen molar-refractivity contribution in [2.45, 2.75) is 65.2 Å². The van der Waals surface area contributed by atoms with Gasteiger partial charge in [-0.15, -0.1) is 5.53 Å². The molecule has 0 spiro atoms. The molecule has 0 unspecified atom stereocenters. The maximum atomic E-state index is 13.9. The number of alkyl halides is 3. The Bertz CT molecular complexity index is 1560. The summed E-state index contributed by atoms with van der Waals surface area (Å²) in [6, 6.07) is 7.11. The van der Waals surface area contributed by atoms with E-state index in [4.69, 9.17) is 0 Å². The standard InChI is InChI=1S/C31H35F3N8/c1-7-8-9-19(2)20(3)26(25-17-42(41-40-25)30(10-11-30)31(32,33)34)39-23-12-21(14-35)27-24(13-23)28(22(15-36)16-37-27)38-18-29(4,5)6/h7-9,12-13,16-17,26,39-41H,3,10-11,18H2,1-2,4-6H3,(H,37,38)/b8-7-,19-9-/t26-/m0/s1. The minimum atomic E-state index is -4.41. The Kier molecular flexibility index (Phi) is 8.29. The molecule has 0 amide bonds. The molecule has 2 aliphatic rings. The van der Waals surface area contributed by atoms with Crippen LogP contribution in [-0.2, 0) is 0 Å². The zero-order chi connectivity index (χ0) is 30.9. The largest absolute Gasteiger partial charge is 0.413 e. The number of benzene rings is 1. The van der Waals surface area contributed by atoms with E-state index in [1.165, 1.54) is 12.4 Å². The summed E-state index contributed by atoms with van der Waals surface area (Å²) >= 11 is 0. The van der Waals surface area contributed by atoms with Gasteiger partial charge in [-0.1, -0.05) is 45.6 Å². The van der Waals surface area contributed by atoms with Gasteiger partial charge in [0, 0.05) is 30.0 Å². The van der Waals surface area contributed by atoms with E-state index in [2.05, 4.69) is 66.1 Å². The first-order chi connectivity index (χ1) is 19.7. The predicted molar refractivity (Wildman–Crippen MR) is 158 cm³/mol. The second-order valence-corrected chi connectivity index (χ2v) is 11.8. The van der Waals surface area contributed by atoms with Gasteiger partial charge in [0.2, 0.25) is 0 Å². The van der Waals surface area contributed by atoms with Crippen LogP contribution in [-0.4, -0.2) is 34.3 Å². The van der Waals surface area contributed by atoms with E-state index in [1.807, 2.05) is 32.1 Å². The monoisotopic (exact) mass is 576 g/mol. The lowest BCUT2D eigenvalue weighted by Crippen LogP contribution is -2.52. The summed E-state index contributed by atoms with van der Waals surface area (Å²) in [7, 11) is 0. The maximum Gasteiger partial charge on any atom is 0.413 e. The van der Waals surface area contributed by atoms with Gasteiger partial charge in [0.25, 0.3) is 0 Å². The van der Waals surface area contributed by atoms with E-state index in [-0.39, 0.29) is 23.8 Å². The van der Waals surface area contributed by atoms with Crippen molar-refractivity contribution in [1.82, 2.24) is 21.0 Å². The molecule has 2 heterocycles. The molecular formula is C31H35F3N8. The minimum Gasteiger partial charge on any atom is -0.383 e. The molecule has 2 aromatic rings. The first-order valence-electron chi connectivity index (χ1n) is 13.6. The molecule has 0 saturated heterocycles. The summed E-state index contributed by atoms with van der Waals surface area (Å²) in [5.74, 6) is 0. The van der Waals surface area contributed by atoms with Crippen LogP contribution < -0.4 is 21.6 Å². The summed E-state index contributed by atoms with van der Waals surface area (Å²) in [6.45, 7) is 14.8. The molecule has 11 heteroatoms. The quantitative estimate of drug-likeness (QED) is 0.249. The molecule has 0 radical (unpaired) electrons. The second-order valence-electron chi connectivity index (χ2n) is 11.8. The predicted octanol–water partition coefficient (Wildman–Crippen LogP) is 6.56. The molecule has 0 bridgehead atoms. The Morgan fingerprint density at radius 3 is 2.48 bits per heavy atom. The van der Waals surface area contributed by atoms with Crippen LogP contribution in [0.5, 0.6) is 0 Å². The fourth-order valence-corrected chi connectivity index (χ4v) is 4.68. The van der Waals surface area contributed by atoms with E-state index in [0.717, 1.165) is 10.6 Å². The molecule has 1 aliphatic heterocycles. The molecule has 220 valence electrons. The van der Waals surface area contributed by atoms with E-state index < -0.39 is 17.8 Å². The van der Waals surface area contributed by atoms with Crippen LogP contribution in [0.4, 0.5) is 24.5 Å². The van der Waals surface area contributed by atoms with Gasteiger partial charge >= 0.3 is 6.18 Å². The van der Waals surface area contributed by atoms with Gasteiger partial charge in [0.1, 0.15) is 12.1 Å². The number of nitriles is 2. The zero-order valence-corrected chi connectivity index (χ0v) is 24.4. The molecule has 1 fully saturated rings. The number of anilines is 2. The molecule has 1 atom stereocenters. The van der Waals surface area contributed by atoms with Crippen molar-refractivity contribution in [3.05, 3.63) is 77.3 Å². The van der Waals surface area contributed by atoms with Crippen LogP contribution in [0.15, 0.2) is 66.2 Å². The summed E-state index contributed by atoms with van der Waals surface area (Å²) in [4.78, 5) is 4.40. The fourth-order valence-electron chi connectivity index (χ4n) is 4.68. The lowest BCUT2D eigenvalue weighted by molar-refractivity contribution is -0.195. The Labute approximate surface area is 244 Å². The van der Waals surface area contributed by atoms with E-state index in [0.29, 0.717) is 45.7 Å². The highest BCUT2D eigenvalue weighted by Crippen LogP contribution is 2.53. The third-order valence-electron chi connectivity index (χ3n) is 7.32. The molecule has 4 rings (SSSR count). The third kappa shape index (κ3) is 6.07. The SMILES string of the molecule is C=C(/C(C)=C\C=C/C)[C@H](Nc1cc(C#N)c2ncc(C#N)c(NCC(C)(C)C)c2c1)C1=CN(C2(C(F)(F)F)CC2)NN1. The first kappa shape index (κ1) is 30.5. The van der Waals surface area contributed by atoms with Crippen molar-refractivity contribution in [3.8, 4) is 12.1 Å². The maximum absolute atomic E-state index is 13.9. The number of hydrogen-bond donors (Lipinski definition) is 4. The van der Waals surface area contributed by atoms with Gasteiger partial charge in [-0.25, -0.2) is 0 Å². The molecule has 1 aromatic carbocycles. The van der Waals surface area contributed by atoms with Crippen molar-refractivity contribution in [2.24, 2.45) is 5.41 Å². The van der Waals surface area contributed by atoms with Crippen LogP contribution in [0.1, 0.15) is 58.6 Å². The fraction of sp³-hybridized carbons (Fsp3) is 0.387. The minimum absolute atomic E-state index is 0.0109. The number of nitrogens with one attached hydrogen (secondary N) is 4. The van der Waals surface area contributed by atoms with E-state index >= 15 is 0 Å². The number of pyridine rings is 1. The summed E-state index contributed by atoms with van der Waals surface area (Å²) in [5.41, 5.74) is 7.50. The van der Waals surface area contributed by atoms with Crippen LogP contribution in [0.25, 0.3) is 10.9 Å². The van der Waals surface area contributed by atoms with E-state index in [1.54, 1.807) is 12.1 Å². The highest BCUT2D eigenvalue weighted by molar-refractivity contribution is 5.99. The topological polar surface area (TPSA) is 112 Å². The van der Waals surface area contributed by atoms with Crippen molar-refractivity contribution in [2.75, 3.05) is 17.2 Å². The summed E-state index contributed by atoms with van der Waals surface area (Å²) < 4.78 is 41.6. The normalized spacial score (nSPS) is 17.3. The zero-order valence-electron chi connectivity index (χ0n) is 24.4. The van der Waals surface area contributed by atoms with Crippen molar-refractivity contribution in [1.29, 1.82) is 10.5 Å². The lowest BCUT2D eigenvalue weighted by Gasteiger charge is -2.28. The summed E-state index contributed by atoms with van der Waals surface area (Å²) in [6.07, 6.45) is 4.03. The molecular weight excluding hydrogens is 541 g/mol. The molecule has 1 saturated carbocycles. The second kappa shape index (κ2) is 11.4. The number of fused-ring (bicyclic) bond motifs is 1. The van der Waals surface area contributed by atoms with Gasteiger partial charge in [0.15, 0.2) is 5.54 Å². The Balaban J connectivity index is 1.81. The van der Waals surface area contributed by atoms with Crippen LogP contribution in [0, 0.1) is 28.1 Å². The first-order valence-corrected chi connectivity index (χ1v) is 13.6. The van der Waals surface area contributed by atoms with Crippen LogP contribution >= 0.6 is 0 Å². The van der Waals surface area contributed by atoms with Crippen LogP contribution in [0.3, 0.4) is 0 Å². The van der Waals surface area contributed by atoms with Crippen molar-refractivity contribution < 1.29 is 13.2 Å². The molecule has 42 heavy (non-hydrogen) atoms. The van der Waals surface area contributed by atoms with Gasteiger partial charge in [0.05, 0.1) is 34.1 Å². The Hall–Kier alpha value is -4.48. The average molecular weight is 577 g/mol. The molecule has 8 nitrogen and oxygen atoms in total. The summed E-state index contributed by atoms with van der Waals surface area (Å²) in [5, 5.41) is 28.2. The number of rotatable bonds is 9. The van der Waals surface area contributed by atoms with E-state index in [9.17, 15) is 23.7 Å². The number of nitrogens with zero attached hydrogens (tertiary/aromatic N) is 4. The number of hydrazine groups is 2. The van der Waals surface area contributed by atoms with Gasteiger partial charge in [-0.2, -0.15) is 23.7 Å². The molecule has 1 aliphatic carbocycles. The number of aromatic nitrogens is 1. The highest BCUT2D eigenvalue weighted by atomic mass is 19.4. The lowest BCUT2D eigenvalue weighted by atomic mass is 9.96. The molecule has 4 N–H and O–H groups in total.